The Morgan fingerprint density at radius 2 is 2.19 bits per heavy atom. The fourth-order valence-corrected chi connectivity index (χ4v) is 2.40. The Labute approximate surface area is 124 Å². The van der Waals surface area contributed by atoms with Gasteiger partial charge < -0.3 is 15.4 Å². The second kappa shape index (κ2) is 6.21. The van der Waals surface area contributed by atoms with Gasteiger partial charge in [-0.1, -0.05) is 17.7 Å². The molecule has 2 atom stereocenters. The third-order valence-corrected chi connectivity index (χ3v) is 3.62. The van der Waals surface area contributed by atoms with Crippen LogP contribution in [0.5, 0.6) is 0 Å². The van der Waals surface area contributed by atoms with E-state index in [1.165, 1.54) is 19.2 Å². The van der Waals surface area contributed by atoms with Crippen molar-refractivity contribution in [2.75, 3.05) is 19.0 Å². The number of anilines is 1. The number of carbonyl (C=O) groups excluding carboxylic acids is 1. The van der Waals surface area contributed by atoms with E-state index in [9.17, 15) is 18.0 Å². The van der Waals surface area contributed by atoms with Crippen molar-refractivity contribution in [3.05, 3.63) is 28.8 Å². The van der Waals surface area contributed by atoms with E-state index in [0.29, 0.717) is 13.0 Å². The normalized spacial score (nSPS) is 22.3. The minimum Gasteiger partial charge on any atom is -0.380 e. The first-order chi connectivity index (χ1) is 9.82. The monoisotopic (exact) mass is 322 g/mol. The summed E-state index contributed by atoms with van der Waals surface area (Å²) in [6, 6.07) is 2.76. The number of nitrogens with one attached hydrogen (secondary N) is 2. The summed E-state index contributed by atoms with van der Waals surface area (Å²) in [5.74, 6) is -0.562. The second-order valence-corrected chi connectivity index (χ2v) is 5.11. The SMILES string of the molecule is COC1CNC(C(=O)Nc2c(Cl)cccc2C(F)(F)F)C1. The molecule has 1 aliphatic heterocycles. The molecule has 1 aromatic rings. The number of halogens is 4. The van der Waals surface area contributed by atoms with Crippen molar-refractivity contribution in [3.8, 4) is 0 Å². The van der Waals surface area contributed by atoms with Crippen LogP contribution in [0, 0.1) is 0 Å². The molecular formula is C13H14ClF3N2O2. The van der Waals surface area contributed by atoms with Gasteiger partial charge in [0.15, 0.2) is 0 Å². The number of ether oxygens (including phenoxy) is 1. The molecule has 1 fully saturated rings. The first kappa shape index (κ1) is 16.1. The Morgan fingerprint density at radius 3 is 2.76 bits per heavy atom. The Kier molecular flexibility index (Phi) is 4.75. The minimum atomic E-state index is -4.59. The lowest BCUT2D eigenvalue weighted by molar-refractivity contribution is -0.137. The standard InChI is InChI=1S/C13H14ClF3N2O2/c1-21-7-5-10(18-6-7)12(20)19-11-8(13(15,16)17)3-2-4-9(11)14/h2-4,7,10,18H,5-6H2,1H3,(H,19,20). The fourth-order valence-electron chi connectivity index (χ4n) is 2.18. The van der Waals surface area contributed by atoms with E-state index in [4.69, 9.17) is 16.3 Å². The lowest BCUT2D eigenvalue weighted by atomic mass is 10.1. The summed E-state index contributed by atoms with van der Waals surface area (Å²) in [5.41, 5.74) is -1.39. The van der Waals surface area contributed by atoms with Crippen LogP contribution < -0.4 is 10.6 Å². The molecule has 4 nitrogen and oxygen atoms in total. The maximum absolute atomic E-state index is 12.9. The number of rotatable bonds is 3. The van der Waals surface area contributed by atoms with Gasteiger partial charge in [0.1, 0.15) is 0 Å². The van der Waals surface area contributed by atoms with E-state index < -0.39 is 29.4 Å². The summed E-state index contributed by atoms with van der Waals surface area (Å²) in [7, 11) is 1.52. The Hall–Kier alpha value is -1.31. The molecule has 2 N–H and O–H groups in total. The van der Waals surface area contributed by atoms with Crippen LogP contribution in [0.2, 0.25) is 5.02 Å². The van der Waals surface area contributed by atoms with Crippen molar-refractivity contribution >= 4 is 23.2 Å². The number of alkyl halides is 3. The summed E-state index contributed by atoms with van der Waals surface area (Å²) in [6.45, 7) is 0.475. The molecule has 0 spiro atoms. The molecule has 0 aliphatic carbocycles. The van der Waals surface area contributed by atoms with E-state index >= 15 is 0 Å². The zero-order chi connectivity index (χ0) is 15.6. The Balaban J connectivity index is 2.18. The molecule has 1 aliphatic rings. The van der Waals surface area contributed by atoms with Crippen LogP contribution in [0.25, 0.3) is 0 Å². The van der Waals surface area contributed by atoms with Gasteiger partial charge in [-0.15, -0.1) is 0 Å². The van der Waals surface area contributed by atoms with Crippen LogP contribution >= 0.6 is 11.6 Å². The average Bonchev–Trinajstić information content (AvgIpc) is 2.88. The third kappa shape index (κ3) is 3.66. The van der Waals surface area contributed by atoms with E-state index in [1.54, 1.807) is 0 Å². The van der Waals surface area contributed by atoms with Gasteiger partial charge in [-0.05, 0) is 18.6 Å². The number of amides is 1. The average molecular weight is 323 g/mol. The lowest BCUT2D eigenvalue weighted by Gasteiger charge is -2.17. The summed E-state index contributed by atoms with van der Waals surface area (Å²) in [5, 5.41) is 5.00. The van der Waals surface area contributed by atoms with Crippen LogP contribution in [-0.4, -0.2) is 31.7 Å². The highest BCUT2D eigenvalue weighted by Crippen LogP contribution is 2.38. The molecule has 2 rings (SSSR count). The number of hydrogen-bond acceptors (Lipinski definition) is 3. The molecule has 21 heavy (non-hydrogen) atoms. The van der Waals surface area contributed by atoms with Gasteiger partial charge in [0.05, 0.1) is 28.4 Å². The van der Waals surface area contributed by atoms with Gasteiger partial charge in [-0.3, -0.25) is 4.79 Å². The predicted octanol–water partition coefficient (Wildman–Crippen LogP) is 2.67. The van der Waals surface area contributed by atoms with Crippen molar-refractivity contribution in [1.82, 2.24) is 5.32 Å². The molecular weight excluding hydrogens is 309 g/mol. The van der Waals surface area contributed by atoms with Crippen LogP contribution in [0.4, 0.5) is 18.9 Å². The van der Waals surface area contributed by atoms with Crippen LogP contribution in [0.15, 0.2) is 18.2 Å². The van der Waals surface area contributed by atoms with Crippen molar-refractivity contribution in [3.63, 3.8) is 0 Å². The smallest absolute Gasteiger partial charge is 0.380 e. The van der Waals surface area contributed by atoms with E-state index in [1.807, 2.05) is 0 Å². The molecule has 0 saturated carbocycles. The van der Waals surface area contributed by atoms with E-state index in [-0.39, 0.29) is 11.1 Å². The Bertz CT molecular complexity index is 537. The molecule has 8 heteroatoms. The molecule has 0 aromatic heterocycles. The van der Waals surface area contributed by atoms with Gasteiger partial charge >= 0.3 is 6.18 Å². The molecule has 0 bridgehead atoms. The molecule has 1 saturated heterocycles. The molecule has 1 aromatic carbocycles. The highest BCUT2D eigenvalue weighted by Gasteiger charge is 2.36. The maximum atomic E-state index is 12.9. The summed E-state index contributed by atoms with van der Waals surface area (Å²) < 4.78 is 43.9. The van der Waals surface area contributed by atoms with Crippen LogP contribution in [0.3, 0.4) is 0 Å². The molecule has 2 unspecified atom stereocenters. The van der Waals surface area contributed by atoms with Gasteiger partial charge in [-0.2, -0.15) is 13.2 Å². The summed E-state index contributed by atoms with van der Waals surface area (Å²) in [6.07, 6.45) is -4.33. The van der Waals surface area contributed by atoms with Crippen LogP contribution in [-0.2, 0) is 15.7 Å². The van der Waals surface area contributed by atoms with E-state index in [2.05, 4.69) is 10.6 Å². The van der Waals surface area contributed by atoms with Gasteiger partial charge in [0.25, 0.3) is 0 Å². The van der Waals surface area contributed by atoms with Crippen molar-refractivity contribution < 1.29 is 22.7 Å². The van der Waals surface area contributed by atoms with Crippen molar-refractivity contribution in [2.45, 2.75) is 24.7 Å². The molecule has 116 valence electrons. The summed E-state index contributed by atoms with van der Waals surface area (Å²) in [4.78, 5) is 12.1. The lowest BCUT2D eigenvalue weighted by Crippen LogP contribution is -2.36. The largest absolute Gasteiger partial charge is 0.418 e. The quantitative estimate of drug-likeness (QED) is 0.899. The Morgan fingerprint density at radius 1 is 1.48 bits per heavy atom. The zero-order valence-corrected chi connectivity index (χ0v) is 11.9. The molecule has 1 heterocycles. The summed E-state index contributed by atoms with van der Waals surface area (Å²) >= 11 is 5.78. The number of methoxy groups -OCH3 is 1. The fraction of sp³-hybridized carbons (Fsp3) is 0.462. The van der Waals surface area contributed by atoms with Crippen LogP contribution in [0.1, 0.15) is 12.0 Å². The number of hydrogen-bond donors (Lipinski definition) is 2. The molecule has 0 radical (unpaired) electrons. The first-order valence-corrected chi connectivity index (χ1v) is 6.63. The second-order valence-electron chi connectivity index (χ2n) is 4.70. The van der Waals surface area contributed by atoms with Gasteiger partial charge in [-0.25, -0.2) is 0 Å². The topological polar surface area (TPSA) is 50.4 Å². The molecule has 1 amide bonds. The number of carbonyl (C=O) groups is 1. The highest BCUT2D eigenvalue weighted by atomic mass is 35.5. The zero-order valence-electron chi connectivity index (χ0n) is 11.1. The van der Waals surface area contributed by atoms with Crippen molar-refractivity contribution in [2.24, 2.45) is 0 Å². The van der Waals surface area contributed by atoms with Gasteiger partial charge in [0, 0.05) is 13.7 Å². The maximum Gasteiger partial charge on any atom is 0.418 e. The first-order valence-electron chi connectivity index (χ1n) is 6.25. The minimum absolute atomic E-state index is 0.130. The van der Waals surface area contributed by atoms with Gasteiger partial charge in [0.2, 0.25) is 5.91 Å². The third-order valence-electron chi connectivity index (χ3n) is 3.31. The van der Waals surface area contributed by atoms with E-state index in [0.717, 1.165) is 6.07 Å². The highest BCUT2D eigenvalue weighted by molar-refractivity contribution is 6.34. The number of para-hydroxylation sites is 1. The van der Waals surface area contributed by atoms with Crippen molar-refractivity contribution in [1.29, 1.82) is 0 Å². The number of benzene rings is 1. The predicted molar refractivity (Wildman–Crippen MR) is 72.3 cm³/mol.